The van der Waals surface area contributed by atoms with Crippen molar-refractivity contribution in [3.63, 3.8) is 0 Å². The van der Waals surface area contributed by atoms with Gasteiger partial charge in [0.2, 0.25) is 5.91 Å². The highest BCUT2D eigenvalue weighted by Crippen LogP contribution is 2.58. The first kappa shape index (κ1) is 35.4. The molecule has 3 unspecified atom stereocenters. The number of carbonyl (C=O) groups excluding carboxylic acids is 1. The monoisotopic (exact) mass is 571 g/mol. The van der Waals surface area contributed by atoms with Crippen molar-refractivity contribution in [1.29, 1.82) is 0 Å². The van der Waals surface area contributed by atoms with Gasteiger partial charge in [-0.25, -0.2) is 0 Å². The zero-order valence-corrected chi connectivity index (χ0v) is 29.1. The van der Waals surface area contributed by atoms with Crippen LogP contribution in [-0.2, 0) is 4.79 Å². The third-order valence-corrected chi connectivity index (χ3v) is 13.1. The molecular formula is C37H68NOSi. The maximum atomic E-state index is 14.0. The zero-order valence-electron chi connectivity index (χ0n) is 27.9. The highest BCUT2D eigenvalue weighted by Gasteiger charge is 2.52. The fourth-order valence-electron chi connectivity index (χ4n) is 8.52. The van der Waals surface area contributed by atoms with Gasteiger partial charge in [0, 0.05) is 14.7 Å². The highest BCUT2D eigenvalue weighted by molar-refractivity contribution is 6.58. The van der Waals surface area contributed by atoms with Crippen molar-refractivity contribution in [3.05, 3.63) is 22.3 Å². The topological polar surface area (TPSA) is 40.9 Å². The lowest BCUT2D eigenvalue weighted by atomic mass is 9.65. The van der Waals surface area contributed by atoms with Crippen LogP contribution < -0.4 is 5.73 Å². The summed E-state index contributed by atoms with van der Waals surface area (Å²) in [6.07, 6.45) is 29.0. The Hall–Kier alpha value is -0.833. The Morgan fingerprint density at radius 2 is 1.27 bits per heavy atom. The quantitative estimate of drug-likeness (QED) is 0.134. The summed E-state index contributed by atoms with van der Waals surface area (Å²) < 4.78 is 0. The largest absolute Gasteiger partial charge is 0.272 e. The van der Waals surface area contributed by atoms with Gasteiger partial charge in [-0.3, -0.25) is 10.5 Å². The van der Waals surface area contributed by atoms with Crippen LogP contribution in [0.15, 0.2) is 22.3 Å². The fraction of sp³-hybridized carbons (Fsp3) is 0.865. The standard InChI is InChI=1S/C37H68NOSi/c1-7-10-12-14-19-23-26-32-30(4)35(31(9-3)33(32)27-22-13-11-8-2)37(36(38)39)29-25-21-18-16-15-17-20-24-28-34(37)40(5)6/h30,34,38,40H,7-29H2,1-6H3. The van der Waals surface area contributed by atoms with E-state index in [1.807, 2.05) is 0 Å². The van der Waals surface area contributed by atoms with Gasteiger partial charge in [-0.1, -0.05) is 156 Å². The van der Waals surface area contributed by atoms with Gasteiger partial charge in [0.15, 0.2) is 0 Å². The van der Waals surface area contributed by atoms with Gasteiger partial charge in [-0.05, 0) is 60.8 Å². The lowest BCUT2D eigenvalue weighted by Crippen LogP contribution is -2.44. The predicted octanol–water partition coefficient (Wildman–Crippen LogP) is 11.9. The molecule has 0 spiro atoms. The SMILES string of the molecule is CCCCCCCCC1=C(CCCCCC)C(CC)=C(C2(C([NH])=O)CCCCCCCCCCC2[SiH](C)C)C1C. The molecule has 2 aliphatic carbocycles. The van der Waals surface area contributed by atoms with Gasteiger partial charge in [-0.15, -0.1) is 0 Å². The van der Waals surface area contributed by atoms with Crippen LogP contribution in [-0.4, -0.2) is 14.7 Å². The van der Waals surface area contributed by atoms with Gasteiger partial charge in [-0.2, -0.15) is 0 Å². The molecule has 1 saturated carbocycles. The molecule has 0 aromatic rings. The molecule has 2 aliphatic rings. The molecule has 3 heteroatoms. The van der Waals surface area contributed by atoms with Crippen molar-refractivity contribution in [2.24, 2.45) is 11.3 Å². The van der Waals surface area contributed by atoms with Gasteiger partial charge in [0.05, 0.1) is 5.41 Å². The number of hydrogen-bond donors (Lipinski definition) is 0. The van der Waals surface area contributed by atoms with Crippen LogP contribution in [0.5, 0.6) is 0 Å². The van der Waals surface area contributed by atoms with E-state index >= 15 is 0 Å². The van der Waals surface area contributed by atoms with Crippen molar-refractivity contribution in [2.75, 3.05) is 0 Å². The summed E-state index contributed by atoms with van der Waals surface area (Å²) >= 11 is 0. The molecule has 0 saturated heterocycles. The molecule has 0 aromatic heterocycles. The number of hydrogen-bond acceptors (Lipinski definition) is 1. The first-order valence-electron chi connectivity index (χ1n) is 18.1. The van der Waals surface area contributed by atoms with Crippen LogP contribution >= 0.6 is 0 Å². The molecule has 0 bridgehead atoms. The van der Waals surface area contributed by atoms with Gasteiger partial charge in [0.1, 0.15) is 0 Å². The summed E-state index contributed by atoms with van der Waals surface area (Å²) in [7, 11) is -1.17. The molecule has 1 radical (unpaired) electrons. The van der Waals surface area contributed by atoms with E-state index in [-0.39, 0.29) is 5.91 Å². The molecule has 1 fully saturated rings. The van der Waals surface area contributed by atoms with E-state index in [0.717, 1.165) is 19.3 Å². The lowest BCUT2D eigenvalue weighted by molar-refractivity contribution is -0.127. The van der Waals surface area contributed by atoms with E-state index < -0.39 is 14.2 Å². The second-order valence-corrected chi connectivity index (χ2v) is 17.1. The van der Waals surface area contributed by atoms with Crippen molar-refractivity contribution < 1.29 is 4.79 Å². The van der Waals surface area contributed by atoms with Crippen molar-refractivity contribution in [2.45, 2.75) is 194 Å². The third kappa shape index (κ3) is 9.60. The number of carbonyl (C=O) groups is 1. The molecule has 2 nitrogen and oxygen atoms in total. The van der Waals surface area contributed by atoms with Crippen LogP contribution in [0.4, 0.5) is 0 Å². The highest BCUT2D eigenvalue weighted by atomic mass is 28.3. The molecule has 40 heavy (non-hydrogen) atoms. The molecule has 0 aromatic carbocycles. The average molecular weight is 571 g/mol. The fourth-order valence-corrected chi connectivity index (χ4v) is 11.1. The number of nitrogens with one attached hydrogen (secondary N) is 1. The van der Waals surface area contributed by atoms with Crippen LogP contribution in [0.1, 0.15) is 175 Å². The number of amides is 1. The Morgan fingerprint density at radius 1 is 0.750 bits per heavy atom. The average Bonchev–Trinajstić information content (AvgIpc) is 3.19. The minimum absolute atomic E-state index is 0.227. The Kier molecular flexibility index (Phi) is 17.1. The smallest absolute Gasteiger partial charge is 0.248 e. The van der Waals surface area contributed by atoms with E-state index in [2.05, 4.69) is 40.8 Å². The van der Waals surface area contributed by atoms with Crippen molar-refractivity contribution in [1.82, 2.24) is 5.73 Å². The van der Waals surface area contributed by atoms with Crippen LogP contribution in [0.3, 0.4) is 0 Å². The summed E-state index contributed by atoms with van der Waals surface area (Å²) in [6, 6.07) is 0. The van der Waals surface area contributed by atoms with Crippen LogP contribution in [0.25, 0.3) is 0 Å². The van der Waals surface area contributed by atoms with Gasteiger partial charge in [0.25, 0.3) is 0 Å². The summed E-state index contributed by atoms with van der Waals surface area (Å²) in [4.78, 5) is 14.0. The zero-order chi connectivity index (χ0) is 29.4. The summed E-state index contributed by atoms with van der Waals surface area (Å²) in [5.41, 5.74) is 15.2. The Balaban J connectivity index is 2.53. The second-order valence-electron chi connectivity index (χ2n) is 13.8. The van der Waals surface area contributed by atoms with Gasteiger partial charge < -0.3 is 0 Å². The van der Waals surface area contributed by atoms with E-state index in [1.54, 1.807) is 11.1 Å². The van der Waals surface area contributed by atoms with Crippen LogP contribution in [0.2, 0.25) is 18.6 Å². The lowest BCUT2D eigenvalue weighted by Gasteiger charge is -2.44. The normalized spacial score (nSPS) is 25.4. The first-order chi connectivity index (χ1) is 19.4. The minimum Gasteiger partial charge on any atom is -0.272 e. The Labute approximate surface area is 252 Å². The van der Waals surface area contributed by atoms with Gasteiger partial charge >= 0.3 is 0 Å². The second kappa shape index (κ2) is 19.4. The van der Waals surface area contributed by atoms with Crippen LogP contribution in [0, 0.1) is 11.3 Å². The number of allylic oxidation sites excluding steroid dienone is 3. The molecular weight excluding hydrogens is 502 g/mol. The Morgan fingerprint density at radius 3 is 1.85 bits per heavy atom. The molecule has 3 atom stereocenters. The molecule has 2 rings (SSSR count). The van der Waals surface area contributed by atoms with E-state index in [9.17, 15) is 4.79 Å². The molecule has 0 heterocycles. The predicted molar refractivity (Wildman–Crippen MR) is 180 cm³/mol. The molecule has 231 valence electrons. The van der Waals surface area contributed by atoms with E-state index in [0.29, 0.717) is 11.5 Å². The number of unbranched alkanes of at least 4 members (excludes halogenated alkanes) is 8. The summed E-state index contributed by atoms with van der Waals surface area (Å²) in [6.45, 7) is 14.4. The molecule has 1 N–H and O–H groups in total. The Bertz CT molecular complexity index is 796. The molecule has 0 aliphatic heterocycles. The number of rotatable bonds is 16. The molecule has 1 amide bonds. The van der Waals surface area contributed by atoms with Crippen molar-refractivity contribution >= 4 is 14.7 Å². The maximum absolute atomic E-state index is 14.0. The first-order valence-corrected chi connectivity index (χ1v) is 21.1. The van der Waals surface area contributed by atoms with E-state index in [1.165, 1.54) is 140 Å². The minimum atomic E-state index is -1.17. The summed E-state index contributed by atoms with van der Waals surface area (Å²) in [5.74, 6) is 0.124. The maximum Gasteiger partial charge on any atom is 0.248 e. The van der Waals surface area contributed by atoms with Crippen molar-refractivity contribution in [3.8, 4) is 0 Å². The third-order valence-electron chi connectivity index (χ3n) is 10.6. The summed E-state index contributed by atoms with van der Waals surface area (Å²) in [5, 5.41) is 0. The van der Waals surface area contributed by atoms with E-state index in [4.69, 9.17) is 5.73 Å².